The lowest BCUT2D eigenvalue weighted by molar-refractivity contribution is 0.228. The predicted octanol–water partition coefficient (Wildman–Crippen LogP) is 4.74. The Balaban J connectivity index is 2.61. The quantitative estimate of drug-likeness (QED) is 0.525. The predicted molar refractivity (Wildman–Crippen MR) is 64.3 cm³/mol. The van der Waals surface area contributed by atoms with Crippen LogP contribution in [-0.4, -0.2) is 0 Å². The highest BCUT2D eigenvalue weighted by molar-refractivity contribution is 4.75. The van der Waals surface area contributed by atoms with Crippen LogP contribution in [0, 0.1) is 29.6 Å². The number of rotatable bonds is 0. The average Bonchev–Trinajstić information content (AvgIpc) is 2.17. The lowest BCUT2D eigenvalue weighted by atomic mass is 9.78. The molecule has 0 bridgehead atoms. The summed E-state index contributed by atoms with van der Waals surface area (Å²) in [5.41, 5.74) is 0. The molecular formula is C14H28. The molecule has 1 aliphatic carbocycles. The number of hydrogen-bond acceptors (Lipinski definition) is 0. The Bertz CT molecular complexity index is 161. The molecule has 1 fully saturated rings. The van der Waals surface area contributed by atoms with Crippen LogP contribution in [0.1, 0.15) is 60.3 Å². The SMILES string of the molecule is CC1CCCC(C)C(C)C(C)CC1C. The Labute approximate surface area is 90.5 Å². The van der Waals surface area contributed by atoms with Gasteiger partial charge in [-0.15, -0.1) is 0 Å². The molecule has 14 heavy (non-hydrogen) atoms. The molecule has 0 aliphatic heterocycles. The number of hydrogen-bond donors (Lipinski definition) is 0. The van der Waals surface area contributed by atoms with E-state index in [0.29, 0.717) is 0 Å². The molecule has 0 heterocycles. The van der Waals surface area contributed by atoms with Crippen molar-refractivity contribution in [1.29, 1.82) is 0 Å². The first-order valence-corrected chi connectivity index (χ1v) is 6.52. The molecule has 0 amide bonds. The summed E-state index contributed by atoms with van der Waals surface area (Å²) in [7, 11) is 0. The summed E-state index contributed by atoms with van der Waals surface area (Å²) < 4.78 is 0. The van der Waals surface area contributed by atoms with E-state index < -0.39 is 0 Å². The van der Waals surface area contributed by atoms with Crippen LogP contribution in [0.2, 0.25) is 0 Å². The second kappa shape index (κ2) is 5.19. The third kappa shape index (κ3) is 3.00. The van der Waals surface area contributed by atoms with E-state index in [-0.39, 0.29) is 0 Å². The van der Waals surface area contributed by atoms with Gasteiger partial charge in [-0.1, -0.05) is 53.9 Å². The van der Waals surface area contributed by atoms with Crippen LogP contribution in [0.5, 0.6) is 0 Å². The first kappa shape index (κ1) is 12.1. The summed E-state index contributed by atoms with van der Waals surface area (Å²) in [6.07, 6.45) is 5.78. The van der Waals surface area contributed by atoms with Gasteiger partial charge in [-0.2, -0.15) is 0 Å². The van der Waals surface area contributed by atoms with Crippen LogP contribution >= 0.6 is 0 Å². The van der Waals surface area contributed by atoms with E-state index in [1.54, 1.807) is 0 Å². The molecule has 0 aromatic heterocycles. The van der Waals surface area contributed by atoms with Gasteiger partial charge < -0.3 is 0 Å². The molecule has 0 saturated heterocycles. The largest absolute Gasteiger partial charge is 0.0623 e. The standard InChI is InChI=1S/C14H28/c1-10-7-6-8-11(2)14(5)13(4)9-12(10)3/h10-14H,6-9H2,1-5H3. The van der Waals surface area contributed by atoms with Crippen LogP contribution in [-0.2, 0) is 0 Å². The topological polar surface area (TPSA) is 0 Å². The van der Waals surface area contributed by atoms with E-state index in [9.17, 15) is 0 Å². The minimum atomic E-state index is 0.917. The van der Waals surface area contributed by atoms with E-state index >= 15 is 0 Å². The molecule has 1 aliphatic rings. The maximum absolute atomic E-state index is 2.46. The molecule has 5 unspecified atom stereocenters. The first-order chi connectivity index (χ1) is 6.52. The van der Waals surface area contributed by atoms with Crippen molar-refractivity contribution >= 4 is 0 Å². The van der Waals surface area contributed by atoms with Gasteiger partial charge in [0.25, 0.3) is 0 Å². The van der Waals surface area contributed by atoms with Gasteiger partial charge in [-0.05, 0) is 36.0 Å². The summed E-state index contributed by atoms with van der Waals surface area (Å²) >= 11 is 0. The van der Waals surface area contributed by atoms with Crippen molar-refractivity contribution in [3.63, 3.8) is 0 Å². The van der Waals surface area contributed by atoms with E-state index in [1.807, 2.05) is 0 Å². The zero-order chi connectivity index (χ0) is 10.7. The van der Waals surface area contributed by atoms with Gasteiger partial charge in [-0.3, -0.25) is 0 Å². The second-order valence-corrected chi connectivity index (χ2v) is 5.93. The highest BCUT2D eigenvalue weighted by atomic mass is 14.3. The smallest absolute Gasteiger partial charge is 0.0391 e. The molecule has 0 aromatic carbocycles. The fraction of sp³-hybridized carbons (Fsp3) is 1.00. The highest BCUT2D eigenvalue weighted by Gasteiger charge is 2.25. The van der Waals surface area contributed by atoms with Crippen molar-refractivity contribution in [1.82, 2.24) is 0 Å². The van der Waals surface area contributed by atoms with E-state index in [4.69, 9.17) is 0 Å². The van der Waals surface area contributed by atoms with Crippen LogP contribution in [0.25, 0.3) is 0 Å². The Kier molecular flexibility index (Phi) is 4.47. The minimum absolute atomic E-state index is 0.917. The van der Waals surface area contributed by atoms with Crippen LogP contribution < -0.4 is 0 Å². The second-order valence-electron chi connectivity index (χ2n) is 5.93. The van der Waals surface area contributed by atoms with E-state index in [2.05, 4.69) is 34.6 Å². The molecule has 0 heteroatoms. The van der Waals surface area contributed by atoms with Gasteiger partial charge in [0.05, 0.1) is 0 Å². The van der Waals surface area contributed by atoms with Gasteiger partial charge in [0.15, 0.2) is 0 Å². The molecule has 0 aromatic rings. The Morgan fingerprint density at radius 1 is 0.643 bits per heavy atom. The Morgan fingerprint density at radius 2 is 1.21 bits per heavy atom. The zero-order valence-corrected chi connectivity index (χ0v) is 10.7. The molecule has 0 spiro atoms. The van der Waals surface area contributed by atoms with Gasteiger partial charge >= 0.3 is 0 Å². The third-order valence-corrected chi connectivity index (χ3v) is 4.83. The van der Waals surface area contributed by atoms with Gasteiger partial charge in [0.1, 0.15) is 0 Å². The lowest BCUT2D eigenvalue weighted by Crippen LogP contribution is -2.18. The molecule has 1 rings (SSSR count). The fourth-order valence-electron chi connectivity index (χ4n) is 2.90. The van der Waals surface area contributed by atoms with Crippen molar-refractivity contribution in [2.45, 2.75) is 60.3 Å². The first-order valence-electron chi connectivity index (χ1n) is 6.52. The molecule has 84 valence electrons. The van der Waals surface area contributed by atoms with Gasteiger partial charge in [-0.25, -0.2) is 0 Å². The molecule has 0 radical (unpaired) electrons. The van der Waals surface area contributed by atoms with Gasteiger partial charge in [0, 0.05) is 0 Å². The van der Waals surface area contributed by atoms with Crippen LogP contribution in [0.15, 0.2) is 0 Å². The average molecular weight is 196 g/mol. The van der Waals surface area contributed by atoms with Crippen molar-refractivity contribution in [2.75, 3.05) is 0 Å². The Morgan fingerprint density at radius 3 is 1.86 bits per heavy atom. The summed E-state index contributed by atoms with van der Waals surface area (Å²) in [6, 6.07) is 0. The van der Waals surface area contributed by atoms with Gasteiger partial charge in [0.2, 0.25) is 0 Å². The maximum atomic E-state index is 2.46. The summed E-state index contributed by atoms with van der Waals surface area (Å²) in [4.78, 5) is 0. The molecule has 1 saturated carbocycles. The minimum Gasteiger partial charge on any atom is -0.0623 e. The third-order valence-electron chi connectivity index (χ3n) is 4.83. The van der Waals surface area contributed by atoms with E-state index in [1.165, 1.54) is 25.7 Å². The van der Waals surface area contributed by atoms with Crippen LogP contribution in [0.4, 0.5) is 0 Å². The highest BCUT2D eigenvalue weighted by Crippen LogP contribution is 2.35. The monoisotopic (exact) mass is 196 g/mol. The van der Waals surface area contributed by atoms with Crippen molar-refractivity contribution in [3.05, 3.63) is 0 Å². The fourth-order valence-corrected chi connectivity index (χ4v) is 2.90. The zero-order valence-electron chi connectivity index (χ0n) is 10.7. The summed E-state index contributed by atoms with van der Waals surface area (Å²) in [6.45, 7) is 12.2. The normalized spacial score (nSPS) is 46.5. The summed E-state index contributed by atoms with van der Waals surface area (Å²) in [5.74, 6) is 4.64. The van der Waals surface area contributed by atoms with Crippen molar-refractivity contribution in [3.8, 4) is 0 Å². The molecular weight excluding hydrogens is 168 g/mol. The van der Waals surface area contributed by atoms with E-state index in [0.717, 1.165) is 29.6 Å². The molecule has 0 N–H and O–H groups in total. The molecule has 5 atom stereocenters. The molecule has 0 nitrogen and oxygen atoms in total. The van der Waals surface area contributed by atoms with Crippen LogP contribution in [0.3, 0.4) is 0 Å². The maximum Gasteiger partial charge on any atom is -0.0391 e. The van der Waals surface area contributed by atoms with Crippen molar-refractivity contribution in [2.24, 2.45) is 29.6 Å². The lowest BCUT2D eigenvalue weighted by Gasteiger charge is -2.27. The Hall–Kier alpha value is 0. The summed E-state index contributed by atoms with van der Waals surface area (Å²) in [5, 5.41) is 0. The van der Waals surface area contributed by atoms with Crippen molar-refractivity contribution < 1.29 is 0 Å².